The normalized spacial score (nSPS) is 15.3. The summed E-state index contributed by atoms with van der Waals surface area (Å²) in [5, 5.41) is 9.43. The smallest absolute Gasteiger partial charge is 0.323 e. The van der Waals surface area contributed by atoms with Gasteiger partial charge in [0.1, 0.15) is 0 Å². The van der Waals surface area contributed by atoms with Crippen molar-refractivity contribution in [3.63, 3.8) is 0 Å². The first kappa shape index (κ1) is 18.5. The van der Waals surface area contributed by atoms with Crippen LogP contribution in [-0.4, -0.2) is 57.9 Å². The van der Waals surface area contributed by atoms with Gasteiger partial charge in [-0.25, -0.2) is 0 Å². The Morgan fingerprint density at radius 1 is 1.25 bits per heavy atom. The van der Waals surface area contributed by atoms with Gasteiger partial charge in [0.15, 0.2) is 11.5 Å². The third-order valence-electron chi connectivity index (χ3n) is 5.48. The second kappa shape index (κ2) is 7.61. The number of piperidine rings is 1. The van der Waals surface area contributed by atoms with Crippen molar-refractivity contribution in [1.29, 1.82) is 0 Å². The Kier molecular flexibility index (Phi) is 5.02. The molecule has 0 unspecified atom stereocenters. The molecule has 148 valence electrons. The average molecular weight is 382 g/mol. The molecule has 4 rings (SSSR count). The van der Waals surface area contributed by atoms with Gasteiger partial charge in [0.05, 0.1) is 5.52 Å². The predicted molar refractivity (Wildman–Crippen MR) is 106 cm³/mol. The molecule has 1 fully saturated rings. The Labute approximate surface area is 164 Å². The highest BCUT2D eigenvalue weighted by atomic mass is 16.5. The molecule has 0 radical (unpaired) electrons. The van der Waals surface area contributed by atoms with Gasteiger partial charge in [-0.2, -0.15) is 10.1 Å². The molecule has 3 aromatic rings. The summed E-state index contributed by atoms with van der Waals surface area (Å²) in [4.78, 5) is 21.1. The second-order valence-corrected chi connectivity index (χ2v) is 7.65. The minimum absolute atomic E-state index is 0.0315. The van der Waals surface area contributed by atoms with Crippen molar-refractivity contribution in [2.24, 2.45) is 13.0 Å². The molecular formula is C20H26N6O2. The number of anilines is 1. The van der Waals surface area contributed by atoms with E-state index in [9.17, 15) is 4.79 Å². The SMILES string of the molecule is CN(C)c1nc(CCC2CCN(C(=O)c3nn(C)c4ccccc34)CC2)no1. The van der Waals surface area contributed by atoms with Gasteiger partial charge >= 0.3 is 6.01 Å². The Hall–Kier alpha value is -2.90. The van der Waals surface area contributed by atoms with E-state index in [-0.39, 0.29) is 5.91 Å². The number of aromatic nitrogens is 4. The van der Waals surface area contributed by atoms with E-state index in [2.05, 4.69) is 15.2 Å². The number of hydrogen-bond donors (Lipinski definition) is 0. The van der Waals surface area contributed by atoms with Gasteiger partial charge in [-0.3, -0.25) is 9.48 Å². The number of rotatable bonds is 5. The van der Waals surface area contributed by atoms with Crippen LogP contribution in [0.25, 0.3) is 10.9 Å². The van der Waals surface area contributed by atoms with Crippen molar-refractivity contribution in [2.45, 2.75) is 25.7 Å². The van der Waals surface area contributed by atoms with Gasteiger partial charge in [0.2, 0.25) is 0 Å². The summed E-state index contributed by atoms with van der Waals surface area (Å²) >= 11 is 0. The Balaban J connectivity index is 1.34. The molecule has 0 spiro atoms. The minimum atomic E-state index is 0.0315. The van der Waals surface area contributed by atoms with Crippen LogP contribution in [0.5, 0.6) is 0 Å². The molecule has 0 aliphatic carbocycles. The molecule has 1 amide bonds. The second-order valence-electron chi connectivity index (χ2n) is 7.65. The lowest BCUT2D eigenvalue weighted by Crippen LogP contribution is -2.38. The van der Waals surface area contributed by atoms with Crippen molar-refractivity contribution >= 4 is 22.8 Å². The highest BCUT2D eigenvalue weighted by Crippen LogP contribution is 2.25. The van der Waals surface area contributed by atoms with Gasteiger partial charge in [-0.1, -0.05) is 23.4 Å². The van der Waals surface area contributed by atoms with Crippen LogP contribution < -0.4 is 4.90 Å². The fraction of sp³-hybridized carbons (Fsp3) is 0.500. The summed E-state index contributed by atoms with van der Waals surface area (Å²) in [6, 6.07) is 8.42. The molecule has 0 bridgehead atoms. The number of carbonyl (C=O) groups is 1. The zero-order chi connectivity index (χ0) is 19.7. The number of hydrogen-bond acceptors (Lipinski definition) is 6. The van der Waals surface area contributed by atoms with E-state index in [0.717, 1.165) is 55.5 Å². The van der Waals surface area contributed by atoms with E-state index >= 15 is 0 Å². The predicted octanol–water partition coefficient (Wildman–Crippen LogP) is 2.51. The number of likely N-dealkylation sites (tertiary alicyclic amines) is 1. The highest BCUT2D eigenvalue weighted by molar-refractivity contribution is 6.04. The van der Waals surface area contributed by atoms with Gasteiger partial charge in [-0.15, -0.1) is 0 Å². The highest BCUT2D eigenvalue weighted by Gasteiger charge is 2.27. The summed E-state index contributed by atoms with van der Waals surface area (Å²) in [5.41, 5.74) is 1.54. The molecule has 0 N–H and O–H groups in total. The lowest BCUT2D eigenvalue weighted by Gasteiger charge is -2.31. The van der Waals surface area contributed by atoms with Crippen LogP contribution in [0.15, 0.2) is 28.8 Å². The first-order valence-electron chi connectivity index (χ1n) is 9.74. The van der Waals surface area contributed by atoms with Crippen LogP contribution in [0.4, 0.5) is 6.01 Å². The minimum Gasteiger partial charge on any atom is -0.337 e. The van der Waals surface area contributed by atoms with Crippen LogP contribution in [0.3, 0.4) is 0 Å². The first-order chi connectivity index (χ1) is 13.5. The van der Waals surface area contributed by atoms with Crippen molar-refractivity contribution in [2.75, 3.05) is 32.1 Å². The fourth-order valence-electron chi connectivity index (χ4n) is 3.81. The van der Waals surface area contributed by atoms with E-state index in [1.807, 2.05) is 55.2 Å². The largest absolute Gasteiger partial charge is 0.337 e. The van der Waals surface area contributed by atoms with Crippen molar-refractivity contribution in [1.82, 2.24) is 24.8 Å². The van der Waals surface area contributed by atoms with Gasteiger partial charge in [-0.05, 0) is 31.2 Å². The number of nitrogens with zero attached hydrogens (tertiary/aromatic N) is 6. The summed E-state index contributed by atoms with van der Waals surface area (Å²) in [6.07, 6.45) is 3.81. The van der Waals surface area contributed by atoms with Crippen molar-refractivity contribution in [3.8, 4) is 0 Å². The van der Waals surface area contributed by atoms with Gasteiger partial charge in [0.25, 0.3) is 5.91 Å². The lowest BCUT2D eigenvalue weighted by molar-refractivity contribution is 0.0682. The Morgan fingerprint density at radius 2 is 2.00 bits per heavy atom. The molecule has 0 atom stereocenters. The lowest BCUT2D eigenvalue weighted by atomic mass is 9.92. The molecule has 3 heterocycles. The maximum atomic E-state index is 13.0. The van der Waals surface area contributed by atoms with Gasteiger partial charge < -0.3 is 14.3 Å². The first-order valence-corrected chi connectivity index (χ1v) is 9.74. The molecule has 1 aliphatic rings. The molecule has 1 aromatic carbocycles. The van der Waals surface area contributed by atoms with Gasteiger partial charge in [0, 0.05) is 46.0 Å². The monoisotopic (exact) mass is 382 g/mol. The molecule has 8 heteroatoms. The molecule has 2 aromatic heterocycles. The van der Waals surface area contributed by atoms with E-state index in [1.165, 1.54) is 0 Å². The van der Waals surface area contributed by atoms with Crippen LogP contribution >= 0.6 is 0 Å². The zero-order valence-electron chi connectivity index (χ0n) is 16.6. The average Bonchev–Trinajstić information content (AvgIpc) is 3.32. The third kappa shape index (κ3) is 3.58. The fourth-order valence-corrected chi connectivity index (χ4v) is 3.81. The molecule has 0 saturated carbocycles. The van der Waals surface area contributed by atoms with Crippen LogP contribution in [0.2, 0.25) is 0 Å². The number of benzene rings is 1. The van der Waals surface area contributed by atoms with Crippen LogP contribution in [-0.2, 0) is 13.5 Å². The van der Waals surface area contributed by atoms with Crippen molar-refractivity contribution in [3.05, 3.63) is 35.8 Å². The number of amides is 1. The topological polar surface area (TPSA) is 80.3 Å². The van der Waals surface area contributed by atoms with Crippen LogP contribution in [0.1, 0.15) is 35.6 Å². The van der Waals surface area contributed by atoms with E-state index in [1.54, 1.807) is 4.68 Å². The van der Waals surface area contributed by atoms with E-state index in [4.69, 9.17) is 4.52 Å². The number of carbonyl (C=O) groups excluding carboxylic acids is 1. The maximum Gasteiger partial charge on any atom is 0.323 e. The van der Waals surface area contributed by atoms with Crippen LogP contribution in [0, 0.1) is 5.92 Å². The summed E-state index contributed by atoms with van der Waals surface area (Å²) < 4.78 is 6.98. The number of para-hydroxylation sites is 1. The Morgan fingerprint density at radius 3 is 2.71 bits per heavy atom. The van der Waals surface area contributed by atoms with E-state index < -0.39 is 0 Å². The van der Waals surface area contributed by atoms with Crippen molar-refractivity contribution < 1.29 is 9.32 Å². The molecule has 1 aliphatic heterocycles. The number of fused-ring (bicyclic) bond motifs is 1. The molecule has 28 heavy (non-hydrogen) atoms. The molecule has 1 saturated heterocycles. The molecular weight excluding hydrogens is 356 g/mol. The standard InChI is InChI=1S/C20H26N6O2/c1-24(2)20-21-17(23-28-20)9-8-14-10-12-26(13-11-14)19(27)18-15-6-4-5-7-16(15)25(3)22-18/h4-7,14H,8-13H2,1-3H3. The zero-order valence-corrected chi connectivity index (χ0v) is 16.6. The Bertz CT molecular complexity index is 968. The quantitative estimate of drug-likeness (QED) is 0.674. The molecule has 8 nitrogen and oxygen atoms in total. The summed E-state index contributed by atoms with van der Waals surface area (Å²) in [5.74, 6) is 1.36. The number of aryl methyl sites for hydroxylation is 2. The van der Waals surface area contributed by atoms with E-state index in [0.29, 0.717) is 17.6 Å². The summed E-state index contributed by atoms with van der Waals surface area (Å²) in [6.45, 7) is 1.53. The maximum absolute atomic E-state index is 13.0. The summed E-state index contributed by atoms with van der Waals surface area (Å²) in [7, 11) is 5.65. The third-order valence-corrected chi connectivity index (χ3v) is 5.48.